The first-order valence-corrected chi connectivity index (χ1v) is 6.01. The van der Waals surface area contributed by atoms with Crippen LogP contribution in [0.3, 0.4) is 0 Å². The Bertz CT molecular complexity index is 310. The number of ether oxygens (including phenoxy) is 1. The van der Waals surface area contributed by atoms with Crippen molar-refractivity contribution < 1.29 is 39.9 Å². The summed E-state index contributed by atoms with van der Waals surface area (Å²) in [6.45, 7) is 3.37. The Morgan fingerprint density at radius 2 is 1.52 bits per heavy atom. The van der Waals surface area contributed by atoms with E-state index >= 15 is 0 Å². The normalized spacial score (nSPS) is 10.1. The molecule has 0 rings (SSSR count). The number of hydrogen-bond acceptors (Lipinski definition) is 7. The summed E-state index contributed by atoms with van der Waals surface area (Å²) in [6, 6.07) is 0. The van der Waals surface area contributed by atoms with Gasteiger partial charge in [0.15, 0.2) is 0 Å². The lowest BCUT2D eigenvalue weighted by Gasteiger charge is -2.23. The molecule has 0 heterocycles. The molecule has 0 radical (unpaired) electrons. The molecule has 6 N–H and O–H groups in total. The number of aliphatic hydroxyl groups is 4. The van der Waals surface area contributed by atoms with Gasteiger partial charge in [-0.3, -0.25) is 0 Å². The molecule has 0 spiro atoms. The maximum absolute atomic E-state index is 10.7. The largest absolute Gasteiger partial charge is 0.465 e. The molecule has 0 aromatic heterocycles. The van der Waals surface area contributed by atoms with Crippen LogP contribution >= 0.6 is 0 Å². The maximum atomic E-state index is 10.7. The molecule has 0 atom stereocenters. The van der Waals surface area contributed by atoms with Crippen LogP contribution in [0.2, 0.25) is 0 Å². The van der Waals surface area contributed by atoms with Crippen LogP contribution in [0.25, 0.3) is 0 Å². The Labute approximate surface area is 122 Å². The summed E-state index contributed by atoms with van der Waals surface area (Å²) >= 11 is 0. The summed E-state index contributed by atoms with van der Waals surface area (Å²) in [5.74, 6) is -0.512. The van der Waals surface area contributed by atoms with Crippen molar-refractivity contribution in [3.8, 4) is 0 Å². The van der Waals surface area contributed by atoms with Gasteiger partial charge in [-0.05, 0) is 6.92 Å². The zero-order valence-corrected chi connectivity index (χ0v) is 11.9. The molecular weight excluding hydrogens is 286 g/mol. The van der Waals surface area contributed by atoms with Gasteiger partial charge in [-0.15, -0.1) is 0 Å². The third-order valence-electron chi connectivity index (χ3n) is 2.30. The first-order chi connectivity index (χ1) is 9.78. The van der Waals surface area contributed by atoms with Gasteiger partial charge < -0.3 is 35.6 Å². The highest BCUT2D eigenvalue weighted by atomic mass is 16.5. The molecule has 0 fully saturated rings. The van der Waals surface area contributed by atoms with Crippen molar-refractivity contribution in [3.63, 3.8) is 0 Å². The number of carboxylic acid groups (broad SMARTS) is 1. The van der Waals surface area contributed by atoms with Crippen molar-refractivity contribution in [3.05, 3.63) is 12.2 Å². The van der Waals surface area contributed by atoms with Gasteiger partial charge in [0.2, 0.25) is 0 Å². The highest BCUT2D eigenvalue weighted by Crippen LogP contribution is 2.11. The van der Waals surface area contributed by atoms with Crippen molar-refractivity contribution in [2.45, 2.75) is 6.92 Å². The highest BCUT2D eigenvalue weighted by Gasteiger charge is 2.26. The Morgan fingerprint density at radius 1 is 1.10 bits per heavy atom. The number of esters is 1. The van der Waals surface area contributed by atoms with E-state index in [0.717, 1.165) is 0 Å². The van der Waals surface area contributed by atoms with Crippen LogP contribution in [0.1, 0.15) is 6.92 Å². The van der Waals surface area contributed by atoms with E-state index < -0.39 is 43.9 Å². The number of rotatable bonds is 8. The molecule has 9 heteroatoms. The number of carbonyl (C=O) groups excluding carboxylic acids is 1. The van der Waals surface area contributed by atoms with E-state index in [-0.39, 0.29) is 13.2 Å². The second-order valence-corrected chi connectivity index (χ2v) is 4.28. The molecule has 1 amide bonds. The molecule has 0 aromatic carbocycles. The summed E-state index contributed by atoms with van der Waals surface area (Å²) in [5.41, 5.74) is -0.815. The number of amides is 1. The van der Waals surface area contributed by atoms with Gasteiger partial charge in [-0.1, -0.05) is 6.58 Å². The number of carbonyl (C=O) groups is 2. The second-order valence-electron chi connectivity index (χ2n) is 4.28. The average molecular weight is 309 g/mol. The van der Waals surface area contributed by atoms with E-state index in [2.05, 4.69) is 11.3 Å². The van der Waals surface area contributed by atoms with Crippen LogP contribution in [0.15, 0.2) is 12.2 Å². The summed E-state index contributed by atoms with van der Waals surface area (Å²) in [5, 5.41) is 44.2. The quantitative estimate of drug-likeness (QED) is 0.176. The van der Waals surface area contributed by atoms with Crippen LogP contribution < -0.4 is 5.32 Å². The summed E-state index contributed by atoms with van der Waals surface area (Å²) in [6.07, 6.45) is -1.14. The van der Waals surface area contributed by atoms with Gasteiger partial charge in [0.25, 0.3) is 0 Å². The Hall–Kier alpha value is -1.68. The van der Waals surface area contributed by atoms with Crippen LogP contribution in [-0.2, 0) is 9.53 Å². The Morgan fingerprint density at radius 3 is 1.76 bits per heavy atom. The molecule has 0 saturated carbocycles. The predicted molar refractivity (Wildman–Crippen MR) is 72.6 cm³/mol. The van der Waals surface area contributed by atoms with E-state index in [4.69, 9.17) is 25.5 Å². The van der Waals surface area contributed by atoms with Gasteiger partial charge in [-0.2, -0.15) is 0 Å². The number of nitrogens with one attached hydrogen (secondary N) is 1. The zero-order valence-electron chi connectivity index (χ0n) is 11.9. The average Bonchev–Trinajstić information content (AvgIpc) is 2.47. The topological polar surface area (TPSA) is 157 Å². The van der Waals surface area contributed by atoms with Crippen molar-refractivity contribution in [2.75, 3.05) is 39.6 Å². The highest BCUT2D eigenvalue weighted by molar-refractivity contribution is 5.86. The first-order valence-electron chi connectivity index (χ1n) is 6.01. The van der Waals surface area contributed by atoms with E-state index in [1.54, 1.807) is 0 Å². The standard InChI is InChI=1S/C7H11NO4.C5H12O4/c1-5(2)6(9)12-4-3-8-7(10)11;6-1-5(2-7,3-8)4-9/h8H,1,3-4H2,2H3,(H,10,11);6-9H,1-4H2. The van der Waals surface area contributed by atoms with Crippen molar-refractivity contribution in [1.29, 1.82) is 0 Å². The van der Waals surface area contributed by atoms with Gasteiger partial charge >= 0.3 is 12.1 Å². The first kappa shape index (κ1) is 21.6. The lowest BCUT2D eigenvalue weighted by Crippen LogP contribution is -2.37. The molecule has 9 nitrogen and oxygen atoms in total. The fraction of sp³-hybridized carbons (Fsp3) is 0.667. The minimum absolute atomic E-state index is 0.0258. The molecule has 0 unspecified atom stereocenters. The van der Waals surface area contributed by atoms with Crippen LogP contribution in [-0.4, -0.2) is 77.2 Å². The molecule has 0 bridgehead atoms. The van der Waals surface area contributed by atoms with Crippen molar-refractivity contribution in [1.82, 2.24) is 5.32 Å². The monoisotopic (exact) mass is 309 g/mol. The summed E-state index contributed by atoms with van der Waals surface area (Å²) < 4.78 is 4.59. The van der Waals surface area contributed by atoms with Crippen LogP contribution in [0.4, 0.5) is 4.79 Å². The van der Waals surface area contributed by atoms with Gasteiger partial charge in [0.05, 0.1) is 38.4 Å². The van der Waals surface area contributed by atoms with E-state index in [1.807, 2.05) is 5.32 Å². The van der Waals surface area contributed by atoms with E-state index in [0.29, 0.717) is 5.57 Å². The predicted octanol–water partition coefficient (Wildman–Crippen LogP) is -1.68. The third kappa shape index (κ3) is 10.7. The zero-order chi connectivity index (χ0) is 16.9. The van der Waals surface area contributed by atoms with Crippen molar-refractivity contribution in [2.24, 2.45) is 5.41 Å². The fourth-order valence-corrected chi connectivity index (χ4v) is 0.725. The molecule has 0 aliphatic heterocycles. The minimum Gasteiger partial charge on any atom is -0.465 e. The molecular formula is C12H23NO8. The molecule has 21 heavy (non-hydrogen) atoms. The SMILES string of the molecule is C=C(C)C(=O)OCCNC(=O)O.OCC(CO)(CO)CO. The van der Waals surface area contributed by atoms with Gasteiger partial charge in [-0.25, -0.2) is 9.59 Å². The smallest absolute Gasteiger partial charge is 0.404 e. The third-order valence-corrected chi connectivity index (χ3v) is 2.30. The Kier molecular flexibility index (Phi) is 12.4. The van der Waals surface area contributed by atoms with Gasteiger partial charge in [0.1, 0.15) is 6.61 Å². The Balaban J connectivity index is 0. The molecule has 0 aromatic rings. The summed E-state index contributed by atoms with van der Waals surface area (Å²) in [7, 11) is 0. The summed E-state index contributed by atoms with van der Waals surface area (Å²) in [4.78, 5) is 20.6. The molecule has 124 valence electrons. The van der Waals surface area contributed by atoms with Crippen LogP contribution in [0.5, 0.6) is 0 Å². The maximum Gasteiger partial charge on any atom is 0.404 e. The van der Waals surface area contributed by atoms with E-state index in [9.17, 15) is 9.59 Å². The van der Waals surface area contributed by atoms with Crippen LogP contribution in [0, 0.1) is 5.41 Å². The molecule has 0 saturated heterocycles. The minimum atomic E-state index is -1.14. The number of aliphatic hydroxyl groups excluding tert-OH is 4. The fourth-order valence-electron chi connectivity index (χ4n) is 0.725. The molecule has 0 aliphatic rings. The number of hydrogen-bond donors (Lipinski definition) is 6. The van der Waals surface area contributed by atoms with Crippen molar-refractivity contribution >= 4 is 12.1 Å². The lowest BCUT2D eigenvalue weighted by atomic mass is 9.93. The second kappa shape index (κ2) is 12.1. The molecule has 0 aliphatic carbocycles. The van der Waals surface area contributed by atoms with Gasteiger partial charge in [0, 0.05) is 5.57 Å². The lowest BCUT2D eigenvalue weighted by molar-refractivity contribution is -0.138. The van der Waals surface area contributed by atoms with E-state index in [1.165, 1.54) is 6.92 Å².